The van der Waals surface area contributed by atoms with Gasteiger partial charge in [-0.1, -0.05) is 18.5 Å². The van der Waals surface area contributed by atoms with E-state index in [2.05, 4.69) is 26.3 Å². The van der Waals surface area contributed by atoms with Crippen molar-refractivity contribution < 1.29 is 4.79 Å². The molecular formula is C13H13BrClN3O. The van der Waals surface area contributed by atoms with Crippen LogP contribution in [0, 0.1) is 0 Å². The van der Waals surface area contributed by atoms with Gasteiger partial charge in [0, 0.05) is 22.7 Å². The molecule has 1 heterocycles. The zero-order valence-electron chi connectivity index (χ0n) is 10.6. The summed E-state index contributed by atoms with van der Waals surface area (Å²) in [6, 6.07) is 5.22. The molecule has 0 saturated heterocycles. The Kier molecular flexibility index (Phi) is 4.27. The number of halogens is 2. The van der Waals surface area contributed by atoms with E-state index in [0.29, 0.717) is 22.7 Å². The van der Waals surface area contributed by atoms with Crippen LogP contribution in [0.15, 0.2) is 28.9 Å². The summed E-state index contributed by atoms with van der Waals surface area (Å²) in [6.07, 6.45) is 2.43. The second-order valence-corrected chi connectivity index (χ2v) is 5.39. The zero-order valence-corrected chi connectivity index (χ0v) is 12.9. The van der Waals surface area contributed by atoms with E-state index in [1.165, 1.54) is 0 Å². The van der Waals surface area contributed by atoms with Crippen LogP contribution in [0.5, 0.6) is 0 Å². The number of carbonyl (C=O) groups excluding carboxylic acids is 1. The minimum Gasteiger partial charge on any atom is -0.321 e. The quantitative estimate of drug-likeness (QED) is 0.925. The van der Waals surface area contributed by atoms with Crippen LogP contribution in [0.2, 0.25) is 5.02 Å². The molecule has 0 aliphatic heterocycles. The molecule has 1 N–H and O–H groups in total. The summed E-state index contributed by atoms with van der Waals surface area (Å²) in [5, 5.41) is 7.71. The van der Waals surface area contributed by atoms with Gasteiger partial charge in [-0.05, 0) is 40.5 Å². The molecule has 6 heteroatoms. The number of anilines is 1. The van der Waals surface area contributed by atoms with E-state index in [9.17, 15) is 4.79 Å². The maximum absolute atomic E-state index is 12.2. The Morgan fingerprint density at radius 1 is 1.53 bits per heavy atom. The predicted molar refractivity (Wildman–Crippen MR) is 79.7 cm³/mol. The summed E-state index contributed by atoms with van der Waals surface area (Å²) < 4.78 is 2.39. The summed E-state index contributed by atoms with van der Waals surface area (Å²) in [7, 11) is 1.80. The third kappa shape index (κ3) is 3.16. The highest BCUT2D eigenvalue weighted by molar-refractivity contribution is 9.10. The van der Waals surface area contributed by atoms with E-state index < -0.39 is 0 Å². The molecule has 0 bridgehead atoms. The van der Waals surface area contributed by atoms with Crippen LogP contribution in [0.25, 0.3) is 0 Å². The lowest BCUT2D eigenvalue weighted by Crippen LogP contribution is -2.13. The number of aryl methyl sites for hydroxylation is 2. The molecule has 2 rings (SSSR count). The van der Waals surface area contributed by atoms with Gasteiger partial charge in [0.15, 0.2) is 0 Å². The molecule has 19 heavy (non-hydrogen) atoms. The molecule has 1 amide bonds. The Labute approximate surface area is 124 Å². The van der Waals surface area contributed by atoms with Gasteiger partial charge in [0.25, 0.3) is 5.91 Å². The molecule has 2 aromatic rings. The number of hydrogen-bond donors (Lipinski definition) is 1. The molecule has 0 atom stereocenters. The van der Waals surface area contributed by atoms with Gasteiger partial charge in [0.1, 0.15) is 0 Å². The van der Waals surface area contributed by atoms with Crippen molar-refractivity contribution in [2.24, 2.45) is 7.05 Å². The smallest absolute Gasteiger partial charge is 0.259 e. The molecule has 0 saturated carbocycles. The van der Waals surface area contributed by atoms with Gasteiger partial charge in [-0.25, -0.2) is 0 Å². The lowest BCUT2D eigenvalue weighted by Gasteiger charge is -2.07. The summed E-state index contributed by atoms with van der Waals surface area (Å²) in [5.74, 6) is -0.173. The largest absolute Gasteiger partial charge is 0.321 e. The van der Waals surface area contributed by atoms with Gasteiger partial charge in [-0.2, -0.15) is 5.10 Å². The molecular weight excluding hydrogens is 330 g/mol. The first-order valence-electron chi connectivity index (χ1n) is 5.80. The monoisotopic (exact) mass is 341 g/mol. The Bertz CT molecular complexity index is 624. The highest BCUT2D eigenvalue weighted by atomic mass is 79.9. The molecule has 1 aromatic heterocycles. The fraction of sp³-hybridized carbons (Fsp3) is 0.231. The molecule has 0 fully saturated rings. The molecule has 0 aliphatic rings. The van der Waals surface area contributed by atoms with Crippen LogP contribution < -0.4 is 5.32 Å². The topological polar surface area (TPSA) is 46.9 Å². The van der Waals surface area contributed by atoms with E-state index in [-0.39, 0.29) is 5.91 Å². The van der Waals surface area contributed by atoms with Crippen molar-refractivity contribution in [1.82, 2.24) is 9.78 Å². The van der Waals surface area contributed by atoms with Gasteiger partial charge in [-0.3, -0.25) is 9.48 Å². The maximum Gasteiger partial charge on any atom is 0.259 e. The van der Waals surface area contributed by atoms with E-state index in [1.54, 1.807) is 36.1 Å². The fourth-order valence-corrected chi connectivity index (χ4v) is 2.55. The Hall–Kier alpha value is -1.33. The standard InChI is InChI=1S/C13H13BrClN3O/c1-3-11-9(7-18(2)17-11)13(19)16-12-5-4-8(15)6-10(12)14/h4-7H,3H2,1-2H3,(H,16,19). The van der Waals surface area contributed by atoms with Crippen molar-refractivity contribution in [1.29, 1.82) is 0 Å². The van der Waals surface area contributed by atoms with Crippen molar-refractivity contribution >= 4 is 39.1 Å². The van der Waals surface area contributed by atoms with Crippen molar-refractivity contribution in [2.75, 3.05) is 5.32 Å². The van der Waals surface area contributed by atoms with Gasteiger partial charge in [0.05, 0.1) is 16.9 Å². The second-order valence-electron chi connectivity index (χ2n) is 4.09. The fourth-order valence-electron chi connectivity index (χ4n) is 1.77. The molecule has 100 valence electrons. The van der Waals surface area contributed by atoms with E-state index >= 15 is 0 Å². The normalized spacial score (nSPS) is 10.5. The third-order valence-electron chi connectivity index (χ3n) is 2.66. The number of rotatable bonds is 3. The van der Waals surface area contributed by atoms with Crippen molar-refractivity contribution in [2.45, 2.75) is 13.3 Å². The first-order chi connectivity index (χ1) is 9.01. The molecule has 4 nitrogen and oxygen atoms in total. The molecule has 1 aromatic carbocycles. The summed E-state index contributed by atoms with van der Waals surface area (Å²) in [5.41, 5.74) is 2.05. The molecule has 0 unspecified atom stereocenters. The number of carbonyl (C=O) groups is 1. The van der Waals surface area contributed by atoms with Crippen molar-refractivity contribution in [3.8, 4) is 0 Å². The third-order valence-corrected chi connectivity index (χ3v) is 3.56. The van der Waals surface area contributed by atoms with E-state index in [1.807, 2.05) is 6.92 Å². The number of nitrogens with one attached hydrogen (secondary N) is 1. The number of nitrogens with zero attached hydrogens (tertiary/aromatic N) is 2. The minimum atomic E-state index is -0.173. The number of benzene rings is 1. The first kappa shape index (κ1) is 14.1. The molecule has 0 aliphatic carbocycles. The minimum absolute atomic E-state index is 0.173. The van der Waals surface area contributed by atoms with E-state index in [0.717, 1.165) is 10.2 Å². The van der Waals surface area contributed by atoms with Crippen LogP contribution in [-0.2, 0) is 13.5 Å². The molecule has 0 spiro atoms. The Morgan fingerprint density at radius 2 is 2.26 bits per heavy atom. The summed E-state index contributed by atoms with van der Waals surface area (Å²) in [6.45, 7) is 1.97. The highest BCUT2D eigenvalue weighted by Gasteiger charge is 2.15. The van der Waals surface area contributed by atoms with Crippen LogP contribution in [0.1, 0.15) is 23.0 Å². The Balaban J connectivity index is 2.25. The van der Waals surface area contributed by atoms with Crippen LogP contribution >= 0.6 is 27.5 Å². The Morgan fingerprint density at radius 3 is 2.89 bits per heavy atom. The number of aromatic nitrogens is 2. The number of hydrogen-bond acceptors (Lipinski definition) is 2. The predicted octanol–water partition coefficient (Wildman–Crippen LogP) is 3.65. The average Bonchev–Trinajstić information content (AvgIpc) is 2.74. The second kappa shape index (κ2) is 5.75. The zero-order chi connectivity index (χ0) is 14.0. The van der Waals surface area contributed by atoms with Crippen LogP contribution in [0.4, 0.5) is 5.69 Å². The van der Waals surface area contributed by atoms with Crippen LogP contribution in [0.3, 0.4) is 0 Å². The van der Waals surface area contributed by atoms with Crippen molar-refractivity contribution in [3.63, 3.8) is 0 Å². The van der Waals surface area contributed by atoms with Gasteiger partial charge in [-0.15, -0.1) is 0 Å². The van der Waals surface area contributed by atoms with Gasteiger partial charge >= 0.3 is 0 Å². The van der Waals surface area contributed by atoms with Crippen LogP contribution in [-0.4, -0.2) is 15.7 Å². The summed E-state index contributed by atoms with van der Waals surface area (Å²) >= 11 is 9.23. The van der Waals surface area contributed by atoms with Gasteiger partial charge in [0.2, 0.25) is 0 Å². The number of amides is 1. The average molecular weight is 343 g/mol. The highest BCUT2D eigenvalue weighted by Crippen LogP contribution is 2.26. The lowest BCUT2D eigenvalue weighted by molar-refractivity contribution is 0.102. The maximum atomic E-state index is 12.2. The lowest BCUT2D eigenvalue weighted by atomic mass is 10.2. The SMILES string of the molecule is CCc1nn(C)cc1C(=O)Nc1ccc(Cl)cc1Br. The van der Waals surface area contributed by atoms with E-state index in [4.69, 9.17) is 11.6 Å². The van der Waals surface area contributed by atoms with Gasteiger partial charge < -0.3 is 5.32 Å². The molecule has 0 radical (unpaired) electrons. The first-order valence-corrected chi connectivity index (χ1v) is 6.97. The summed E-state index contributed by atoms with van der Waals surface area (Å²) in [4.78, 5) is 12.2. The van der Waals surface area contributed by atoms with Crippen molar-refractivity contribution in [3.05, 3.63) is 45.1 Å².